The summed E-state index contributed by atoms with van der Waals surface area (Å²) in [4.78, 5) is 0. The van der Waals surface area contributed by atoms with Gasteiger partial charge in [0.05, 0.1) is 11.6 Å². The number of hydrogen-bond donors (Lipinski definition) is 0. The summed E-state index contributed by atoms with van der Waals surface area (Å²) in [6.45, 7) is 0. The lowest BCUT2D eigenvalue weighted by atomic mass is 10.1. The maximum absolute atomic E-state index is 8.68. The average molecular weight is 245 g/mol. The fourth-order valence-electron chi connectivity index (χ4n) is 0.974. The van der Waals surface area contributed by atoms with E-state index in [9.17, 15) is 0 Å². The molecule has 0 aliphatic carbocycles. The van der Waals surface area contributed by atoms with Crippen molar-refractivity contribution in [2.45, 2.75) is 5.33 Å². The lowest BCUT2D eigenvalue weighted by Crippen LogP contribution is -1.87. The molecule has 1 rings (SSSR count). The number of benzene rings is 1. The van der Waals surface area contributed by atoms with Crippen LogP contribution in [0, 0.1) is 34.5 Å². The third kappa shape index (κ3) is 2.36. The number of rotatable bonds is 1. The van der Waals surface area contributed by atoms with E-state index in [1.165, 1.54) is 0 Å². The highest BCUT2D eigenvalue weighted by Crippen LogP contribution is 2.13. The van der Waals surface area contributed by atoms with E-state index < -0.39 is 0 Å². The molecule has 2 nitrogen and oxygen atoms in total. The van der Waals surface area contributed by atoms with Gasteiger partial charge in [0, 0.05) is 16.8 Å². The standard InChI is InChI=1S/C11H5BrN2/c12-7-11-4-3-9(8-14)6-10(11)2-1-5-13/h3-4,6H,7H2. The molecule has 3 heteroatoms. The van der Waals surface area contributed by atoms with Crippen LogP contribution in [-0.2, 0) is 5.33 Å². The van der Waals surface area contributed by atoms with E-state index in [1.807, 2.05) is 12.1 Å². The zero-order valence-electron chi connectivity index (χ0n) is 7.21. The Morgan fingerprint density at radius 2 is 2.07 bits per heavy atom. The van der Waals surface area contributed by atoms with Gasteiger partial charge in [0.1, 0.15) is 0 Å². The van der Waals surface area contributed by atoms with Crippen LogP contribution in [0.3, 0.4) is 0 Å². The zero-order chi connectivity index (χ0) is 10.4. The summed E-state index contributed by atoms with van der Waals surface area (Å²) in [5.74, 6) is 5.01. The molecule has 0 unspecified atom stereocenters. The van der Waals surface area contributed by atoms with E-state index in [1.54, 1.807) is 18.2 Å². The van der Waals surface area contributed by atoms with Crippen LogP contribution in [0.25, 0.3) is 0 Å². The molecule has 0 aliphatic rings. The molecular formula is C11H5BrN2. The van der Waals surface area contributed by atoms with Gasteiger partial charge >= 0.3 is 0 Å². The molecule has 1 aromatic carbocycles. The number of hydrogen-bond acceptors (Lipinski definition) is 2. The summed E-state index contributed by atoms with van der Waals surface area (Å²) in [5.41, 5.74) is 2.26. The van der Waals surface area contributed by atoms with E-state index in [0.717, 1.165) is 11.1 Å². The van der Waals surface area contributed by atoms with Crippen LogP contribution in [0.4, 0.5) is 0 Å². The first-order valence-electron chi connectivity index (χ1n) is 3.81. The number of nitrogens with zero attached hydrogens (tertiary/aromatic N) is 2. The van der Waals surface area contributed by atoms with Crippen molar-refractivity contribution in [3.8, 4) is 24.0 Å². The van der Waals surface area contributed by atoms with Gasteiger partial charge in [-0.3, -0.25) is 0 Å². The van der Waals surface area contributed by atoms with Gasteiger partial charge in [0.15, 0.2) is 6.07 Å². The maximum Gasteiger partial charge on any atom is 0.152 e. The van der Waals surface area contributed by atoms with Crippen LogP contribution in [0.1, 0.15) is 16.7 Å². The van der Waals surface area contributed by atoms with Gasteiger partial charge in [-0.1, -0.05) is 27.9 Å². The van der Waals surface area contributed by atoms with Gasteiger partial charge in [-0.2, -0.15) is 10.5 Å². The summed E-state index contributed by atoms with van der Waals surface area (Å²) in [7, 11) is 0. The third-order valence-corrected chi connectivity index (χ3v) is 2.24. The van der Waals surface area contributed by atoms with E-state index in [0.29, 0.717) is 10.9 Å². The van der Waals surface area contributed by atoms with Crippen molar-refractivity contribution in [3.05, 3.63) is 34.9 Å². The molecule has 66 valence electrons. The highest BCUT2D eigenvalue weighted by molar-refractivity contribution is 9.08. The summed E-state index contributed by atoms with van der Waals surface area (Å²) >= 11 is 3.31. The van der Waals surface area contributed by atoms with E-state index in [-0.39, 0.29) is 0 Å². The van der Waals surface area contributed by atoms with Crippen LogP contribution < -0.4 is 0 Å². The minimum absolute atomic E-state index is 0.553. The second kappa shape index (κ2) is 5.07. The summed E-state index contributed by atoms with van der Waals surface area (Å²) in [6.07, 6.45) is 0. The highest BCUT2D eigenvalue weighted by Gasteiger charge is 1.99. The Morgan fingerprint density at radius 1 is 1.29 bits per heavy atom. The molecule has 0 aliphatic heterocycles. The van der Waals surface area contributed by atoms with Crippen LogP contribution in [0.5, 0.6) is 0 Å². The van der Waals surface area contributed by atoms with E-state index >= 15 is 0 Å². The smallest absolute Gasteiger partial charge is 0.152 e. The van der Waals surface area contributed by atoms with Gasteiger partial charge in [0.25, 0.3) is 0 Å². The van der Waals surface area contributed by atoms with Crippen LogP contribution >= 0.6 is 15.9 Å². The summed E-state index contributed by atoms with van der Waals surface area (Å²) in [5, 5.41) is 17.7. The number of alkyl halides is 1. The highest BCUT2D eigenvalue weighted by atomic mass is 79.9. The molecule has 0 amide bonds. The Hall–Kier alpha value is -1.76. The largest absolute Gasteiger partial charge is 0.192 e. The third-order valence-electron chi connectivity index (χ3n) is 1.64. The summed E-state index contributed by atoms with van der Waals surface area (Å²) in [6, 6.07) is 9.01. The topological polar surface area (TPSA) is 47.6 Å². The molecule has 0 aromatic heterocycles. The average Bonchev–Trinajstić information content (AvgIpc) is 2.25. The van der Waals surface area contributed by atoms with Crippen molar-refractivity contribution < 1.29 is 0 Å². The molecule has 0 spiro atoms. The molecule has 0 bridgehead atoms. The van der Waals surface area contributed by atoms with Crippen molar-refractivity contribution in [2.24, 2.45) is 0 Å². The monoisotopic (exact) mass is 244 g/mol. The molecule has 0 heterocycles. The van der Waals surface area contributed by atoms with Crippen molar-refractivity contribution in [1.29, 1.82) is 10.5 Å². The first-order chi connectivity index (χ1) is 6.81. The van der Waals surface area contributed by atoms with Gasteiger partial charge in [-0.15, -0.1) is 0 Å². The molecule has 0 saturated carbocycles. The fourth-order valence-corrected chi connectivity index (χ4v) is 1.46. The SMILES string of the molecule is N#CC#Cc1cc(C#N)ccc1CBr. The van der Waals surface area contributed by atoms with E-state index in [4.69, 9.17) is 10.5 Å². The molecule has 0 N–H and O–H groups in total. The van der Waals surface area contributed by atoms with Crippen molar-refractivity contribution >= 4 is 15.9 Å². The number of halogens is 1. The molecule has 0 atom stereocenters. The Kier molecular flexibility index (Phi) is 3.74. The predicted molar refractivity (Wildman–Crippen MR) is 56.3 cm³/mol. The van der Waals surface area contributed by atoms with Gasteiger partial charge in [-0.25, -0.2) is 0 Å². The van der Waals surface area contributed by atoms with Crippen LogP contribution in [0.2, 0.25) is 0 Å². The zero-order valence-corrected chi connectivity index (χ0v) is 8.80. The Morgan fingerprint density at radius 3 is 2.64 bits per heavy atom. The molecule has 0 fully saturated rings. The lowest BCUT2D eigenvalue weighted by molar-refractivity contribution is 1.38. The second-order valence-electron chi connectivity index (χ2n) is 2.48. The summed E-state index contributed by atoms with van der Waals surface area (Å²) < 4.78 is 0. The molecule has 0 saturated heterocycles. The van der Waals surface area contributed by atoms with Crippen LogP contribution in [0.15, 0.2) is 18.2 Å². The fraction of sp³-hybridized carbons (Fsp3) is 0.0909. The van der Waals surface area contributed by atoms with Crippen LogP contribution in [-0.4, -0.2) is 0 Å². The maximum atomic E-state index is 8.68. The molecule has 1 aromatic rings. The minimum Gasteiger partial charge on any atom is -0.192 e. The first kappa shape index (κ1) is 10.3. The number of nitriles is 2. The van der Waals surface area contributed by atoms with E-state index in [2.05, 4.69) is 27.8 Å². The Bertz CT molecular complexity index is 481. The van der Waals surface area contributed by atoms with Crippen molar-refractivity contribution in [2.75, 3.05) is 0 Å². The van der Waals surface area contributed by atoms with Gasteiger partial charge in [0.2, 0.25) is 0 Å². The van der Waals surface area contributed by atoms with Crippen molar-refractivity contribution in [3.63, 3.8) is 0 Å². The predicted octanol–water partition coefficient (Wildman–Crippen LogP) is 2.33. The quantitative estimate of drug-likeness (QED) is 0.563. The normalized spacial score (nSPS) is 7.93. The molecule has 14 heavy (non-hydrogen) atoms. The van der Waals surface area contributed by atoms with Gasteiger partial charge < -0.3 is 0 Å². The minimum atomic E-state index is 0.553. The molecule has 0 radical (unpaired) electrons. The lowest BCUT2D eigenvalue weighted by Gasteiger charge is -1.99. The second-order valence-corrected chi connectivity index (χ2v) is 3.04. The van der Waals surface area contributed by atoms with Crippen molar-refractivity contribution in [1.82, 2.24) is 0 Å². The van der Waals surface area contributed by atoms with Gasteiger partial charge in [-0.05, 0) is 17.7 Å². The first-order valence-corrected chi connectivity index (χ1v) is 4.93. The Labute approximate surface area is 90.9 Å². The Balaban J connectivity index is 3.25. The molecular weight excluding hydrogens is 240 g/mol.